The molecule has 2 N–H and O–H groups in total. The molecule has 3 aromatic carbocycles. The predicted molar refractivity (Wildman–Crippen MR) is 129 cm³/mol. The summed E-state index contributed by atoms with van der Waals surface area (Å²) in [7, 11) is -4.72. The van der Waals surface area contributed by atoms with E-state index in [9.17, 15) is 13.0 Å². The van der Waals surface area contributed by atoms with Crippen LogP contribution in [0.4, 0.5) is 17.1 Å². The Balaban J connectivity index is 0.00000324. The first kappa shape index (κ1) is 26.0. The van der Waals surface area contributed by atoms with E-state index in [4.69, 9.17) is 5.73 Å². The predicted octanol–water partition coefficient (Wildman–Crippen LogP) is 3.15. The molecule has 34 heavy (non-hydrogen) atoms. The molecule has 0 atom stereocenters. The first-order valence-corrected chi connectivity index (χ1v) is 12.0. The second kappa shape index (κ2) is 11.2. The normalized spacial score (nSPS) is 11.6. The van der Waals surface area contributed by atoms with Crippen LogP contribution in [0, 0.1) is 0 Å². The third kappa shape index (κ3) is 5.89. The van der Waals surface area contributed by atoms with Crippen molar-refractivity contribution in [3.05, 3.63) is 78.5 Å². The van der Waals surface area contributed by atoms with Crippen molar-refractivity contribution >= 4 is 38.0 Å². The number of hydrogen-bond acceptors (Lipinski definition) is 7. The number of nitrogen functional groups attached to an aromatic ring is 1. The topological polar surface area (TPSA) is 121 Å². The maximum absolute atomic E-state index is 11.8. The first-order valence-electron chi connectivity index (χ1n) is 10.6. The van der Waals surface area contributed by atoms with Gasteiger partial charge in [-0.1, -0.05) is 61.9 Å². The Morgan fingerprint density at radius 1 is 0.971 bits per heavy atom. The minimum Gasteiger partial charge on any atom is -0.744 e. The molecule has 0 aliphatic carbocycles. The van der Waals surface area contributed by atoms with Crippen LogP contribution in [0.25, 0.3) is 22.0 Å². The molecule has 0 saturated carbocycles. The van der Waals surface area contributed by atoms with Crippen molar-refractivity contribution in [1.29, 1.82) is 0 Å². The van der Waals surface area contributed by atoms with Crippen LogP contribution < -0.4 is 35.3 Å². The molecule has 4 aromatic rings. The van der Waals surface area contributed by atoms with Crippen molar-refractivity contribution < 1.29 is 42.5 Å². The zero-order chi connectivity index (χ0) is 23.4. The van der Waals surface area contributed by atoms with Crippen LogP contribution in [0.3, 0.4) is 0 Å². The number of rotatable bonds is 7. The Hall–Kier alpha value is -2.62. The summed E-state index contributed by atoms with van der Waals surface area (Å²) >= 11 is 0. The number of fused-ring (bicyclic) bond motifs is 1. The van der Waals surface area contributed by atoms with Gasteiger partial charge in [0.05, 0.1) is 22.5 Å². The van der Waals surface area contributed by atoms with Crippen molar-refractivity contribution in [1.82, 2.24) is 4.98 Å². The fourth-order valence-corrected chi connectivity index (χ4v) is 4.29. The summed E-state index contributed by atoms with van der Waals surface area (Å²) < 4.78 is 35.3. The number of aromatic nitrogens is 1. The summed E-state index contributed by atoms with van der Waals surface area (Å²) in [4.78, 5) is 4.07. The van der Waals surface area contributed by atoms with Gasteiger partial charge in [0.15, 0.2) is 0 Å². The SMILES string of the molecule is CCCCc1ccc(-c2ccc(N=Nc3cc(S(=O)(=O)[O-])c4ccccc4c3N)cn2)cc1.[Na+]. The number of benzene rings is 3. The number of aryl methyl sites for hydroxylation is 1. The third-order valence-corrected chi connectivity index (χ3v) is 6.26. The Labute approximate surface area is 221 Å². The molecule has 0 bridgehead atoms. The fourth-order valence-electron chi connectivity index (χ4n) is 3.59. The summed E-state index contributed by atoms with van der Waals surface area (Å²) in [6, 6.07) is 19.6. The maximum atomic E-state index is 11.8. The molecule has 1 heterocycles. The van der Waals surface area contributed by atoms with Crippen LogP contribution in [-0.2, 0) is 16.5 Å². The number of nitrogens with zero attached hydrogens (tertiary/aromatic N) is 3. The average molecular weight is 483 g/mol. The largest absolute Gasteiger partial charge is 1.00 e. The van der Waals surface area contributed by atoms with Gasteiger partial charge < -0.3 is 10.3 Å². The minimum atomic E-state index is -4.72. The number of anilines is 1. The van der Waals surface area contributed by atoms with Gasteiger partial charge in [0.1, 0.15) is 21.5 Å². The molecular weight excluding hydrogens is 459 g/mol. The van der Waals surface area contributed by atoms with Crippen molar-refractivity contribution in [2.45, 2.75) is 31.1 Å². The van der Waals surface area contributed by atoms with E-state index in [0.717, 1.165) is 30.2 Å². The second-order valence-corrected chi connectivity index (χ2v) is 9.06. The van der Waals surface area contributed by atoms with Gasteiger partial charge in [-0.3, -0.25) is 4.98 Å². The molecule has 0 saturated heterocycles. The summed E-state index contributed by atoms with van der Waals surface area (Å²) in [6.07, 6.45) is 4.97. The van der Waals surface area contributed by atoms with Gasteiger partial charge in [-0.05, 0) is 36.6 Å². The Kier molecular flexibility index (Phi) is 8.57. The molecule has 0 aliphatic rings. The van der Waals surface area contributed by atoms with Crippen molar-refractivity contribution in [3.63, 3.8) is 0 Å². The monoisotopic (exact) mass is 482 g/mol. The van der Waals surface area contributed by atoms with E-state index < -0.39 is 10.1 Å². The molecule has 9 heteroatoms. The van der Waals surface area contributed by atoms with E-state index >= 15 is 0 Å². The van der Waals surface area contributed by atoms with E-state index in [-0.39, 0.29) is 51.2 Å². The molecule has 0 spiro atoms. The van der Waals surface area contributed by atoms with Gasteiger partial charge in [0.25, 0.3) is 0 Å². The van der Waals surface area contributed by atoms with Crippen molar-refractivity contribution in [2.24, 2.45) is 10.2 Å². The van der Waals surface area contributed by atoms with Crippen LogP contribution in [0.15, 0.2) is 88.1 Å². The average Bonchev–Trinajstić information content (AvgIpc) is 2.82. The zero-order valence-corrected chi connectivity index (χ0v) is 21.9. The van der Waals surface area contributed by atoms with E-state index in [0.29, 0.717) is 11.1 Å². The first-order chi connectivity index (χ1) is 15.9. The zero-order valence-electron chi connectivity index (χ0n) is 19.1. The number of pyridine rings is 1. The van der Waals surface area contributed by atoms with E-state index in [1.807, 2.05) is 6.07 Å². The van der Waals surface area contributed by atoms with Crippen LogP contribution in [0.5, 0.6) is 0 Å². The van der Waals surface area contributed by atoms with Gasteiger partial charge >= 0.3 is 29.6 Å². The smallest absolute Gasteiger partial charge is 0.744 e. The van der Waals surface area contributed by atoms with Gasteiger partial charge in [-0.2, -0.15) is 0 Å². The minimum absolute atomic E-state index is 0. The van der Waals surface area contributed by atoms with E-state index in [1.54, 1.807) is 30.5 Å². The third-order valence-electron chi connectivity index (χ3n) is 5.39. The Morgan fingerprint density at radius 2 is 1.68 bits per heavy atom. The van der Waals surface area contributed by atoms with Crippen LogP contribution >= 0.6 is 0 Å². The molecule has 0 unspecified atom stereocenters. The fraction of sp³-hybridized carbons (Fsp3) is 0.160. The summed E-state index contributed by atoms with van der Waals surface area (Å²) in [6.45, 7) is 2.18. The van der Waals surface area contributed by atoms with Gasteiger partial charge in [-0.25, -0.2) is 8.42 Å². The van der Waals surface area contributed by atoms with Crippen LogP contribution in [0.1, 0.15) is 25.3 Å². The number of azo groups is 1. The molecular formula is C25H23N4NaO3S. The molecule has 0 fully saturated rings. The number of nitrogens with two attached hydrogens (primary N) is 1. The van der Waals surface area contributed by atoms with E-state index in [2.05, 4.69) is 46.4 Å². The van der Waals surface area contributed by atoms with Gasteiger partial charge in [-0.15, -0.1) is 10.2 Å². The summed E-state index contributed by atoms with van der Waals surface area (Å²) in [5.74, 6) is 0. The van der Waals surface area contributed by atoms with Crippen LogP contribution in [-0.4, -0.2) is 18.0 Å². The van der Waals surface area contributed by atoms with Gasteiger partial charge in [0, 0.05) is 16.3 Å². The Morgan fingerprint density at radius 3 is 2.29 bits per heavy atom. The molecule has 0 amide bonds. The number of hydrogen-bond donors (Lipinski definition) is 1. The maximum Gasteiger partial charge on any atom is 1.00 e. The molecule has 1 aromatic heterocycles. The molecule has 0 radical (unpaired) electrons. The van der Waals surface area contributed by atoms with E-state index in [1.165, 1.54) is 18.1 Å². The standard InChI is InChI=1S/C25H24N4O3S.Na/c1-2-3-6-17-9-11-18(12-10-17)22-14-13-19(16-27-22)28-29-23-15-24(33(30,31)32)20-7-4-5-8-21(20)25(23)26;/h4-5,7-16H,2-3,6,26H2,1H3,(H,30,31,32);/q;+1/p-1. The summed E-state index contributed by atoms with van der Waals surface area (Å²) in [5.41, 5.74) is 10.1. The molecule has 7 nitrogen and oxygen atoms in total. The van der Waals surface area contributed by atoms with Crippen molar-refractivity contribution in [2.75, 3.05) is 5.73 Å². The van der Waals surface area contributed by atoms with Crippen LogP contribution in [0.2, 0.25) is 0 Å². The Bertz CT molecular complexity index is 1420. The molecule has 0 aliphatic heterocycles. The van der Waals surface area contributed by atoms with Gasteiger partial charge in [0.2, 0.25) is 0 Å². The summed E-state index contributed by atoms with van der Waals surface area (Å²) in [5, 5.41) is 8.92. The number of unbranched alkanes of at least 4 members (excludes halogenated alkanes) is 1. The van der Waals surface area contributed by atoms with Crippen molar-refractivity contribution in [3.8, 4) is 11.3 Å². The molecule has 168 valence electrons. The molecule has 4 rings (SSSR count). The second-order valence-electron chi connectivity index (χ2n) is 7.71. The quantitative estimate of drug-likeness (QED) is 0.188.